The zero-order valence-corrected chi connectivity index (χ0v) is 8.76. The molecule has 0 atom stereocenters. The Bertz CT molecular complexity index is 616. The Morgan fingerprint density at radius 1 is 1.24 bits per heavy atom. The Hall–Kier alpha value is -1.98. The molecule has 2 rings (SSSR count). The van der Waals surface area contributed by atoms with E-state index in [2.05, 4.69) is 0 Å². The largest absolute Gasteiger partial charge is 0.496 e. The van der Waals surface area contributed by atoms with Gasteiger partial charge in [0.2, 0.25) is 0 Å². The maximum atomic E-state index is 12.5. The first-order valence-corrected chi connectivity index (χ1v) is 4.70. The topological polar surface area (TPSA) is 42.1 Å². The molecule has 6 heteroatoms. The average molecular weight is 243 g/mol. The first-order chi connectivity index (χ1) is 7.93. The van der Waals surface area contributed by atoms with E-state index in [4.69, 9.17) is 4.74 Å². The van der Waals surface area contributed by atoms with Crippen LogP contribution in [0.3, 0.4) is 0 Å². The van der Waals surface area contributed by atoms with E-state index < -0.39 is 17.4 Å². The van der Waals surface area contributed by atoms with Gasteiger partial charge in [-0.25, -0.2) is 0 Å². The molecule has 2 aromatic rings. The third-order valence-electron chi connectivity index (χ3n) is 2.37. The number of nitrogens with one attached hydrogen (secondary N) is 1. The SMILES string of the molecule is COc1cccc2c(=O)[nH]c(C(F)(F)F)cc12. The third kappa shape index (κ3) is 1.98. The number of rotatable bonds is 1. The first kappa shape index (κ1) is 11.5. The Morgan fingerprint density at radius 2 is 1.94 bits per heavy atom. The number of aromatic amines is 1. The standard InChI is InChI=1S/C11H8F3NO2/c1-17-8-4-2-3-6-7(8)5-9(11(12,13)14)15-10(6)16/h2-5H,1H3,(H,15,16). The molecule has 1 heterocycles. The van der Waals surface area contributed by atoms with Crippen molar-refractivity contribution >= 4 is 10.8 Å². The van der Waals surface area contributed by atoms with Gasteiger partial charge >= 0.3 is 6.18 Å². The van der Waals surface area contributed by atoms with Crippen LogP contribution in [0.15, 0.2) is 29.1 Å². The number of halogens is 3. The molecule has 1 N–H and O–H groups in total. The summed E-state index contributed by atoms with van der Waals surface area (Å²) in [5.41, 5.74) is -1.87. The number of H-pyrrole nitrogens is 1. The van der Waals surface area contributed by atoms with E-state index in [9.17, 15) is 18.0 Å². The molecule has 0 aliphatic rings. The molecule has 1 aromatic carbocycles. The second-order valence-electron chi connectivity index (χ2n) is 3.43. The van der Waals surface area contributed by atoms with E-state index in [-0.39, 0.29) is 16.5 Å². The van der Waals surface area contributed by atoms with Crippen molar-refractivity contribution in [3.05, 3.63) is 40.3 Å². The van der Waals surface area contributed by atoms with Crippen molar-refractivity contribution in [2.75, 3.05) is 7.11 Å². The summed E-state index contributed by atoms with van der Waals surface area (Å²) in [6, 6.07) is 5.36. The van der Waals surface area contributed by atoms with E-state index >= 15 is 0 Å². The van der Waals surface area contributed by atoms with Crippen molar-refractivity contribution in [2.24, 2.45) is 0 Å². The Morgan fingerprint density at radius 3 is 2.53 bits per heavy atom. The molecule has 0 bridgehead atoms. The zero-order valence-electron chi connectivity index (χ0n) is 8.76. The first-order valence-electron chi connectivity index (χ1n) is 4.70. The number of hydrogen-bond donors (Lipinski definition) is 1. The predicted octanol–water partition coefficient (Wildman–Crippen LogP) is 2.56. The Kier molecular flexibility index (Phi) is 2.57. The monoisotopic (exact) mass is 243 g/mol. The quantitative estimate of drug-likeness (QED) is 0.836. The van der Waals surface area contributed by atoms with Crippen LogP contribution in [0.5, 0.6) is 5.75 Å². The summed E-state index contributed by atoms with van der Waals surface area (Å²) in [7, 11) is 1.34. The predicted molar refractivity (Wildman–Crippen MR) is 56.1 cm³/mol. The summed E-state index contributed by atoms with van der Waals surface area (Å²) in [5.74, 6) is 0.235. The van der Waals surface area contributed by atoms with Crippen LogP contribution in [0.1, 0.15) is 5.69 Å². The van der Waals surface area contributed by atoms with Crippen molar-refractivity contribution in [1.82, 2.24) is 4.98 Å². The van der Waals surface area contributed by atoms with Crippen molar-refractivity contribution < 1.29 is 17.9 Å². The highest BCUT2D eigenvalue weighted by Crippen LogP contribution is 2.31. The number of pyridine rings is 1. The van der Waals surface area contributed by atoms with Gasteiger partial charge in [0, 0.05) is 5.39 Å². The van der Waals surface area contributed by atoms with E-state index in [0.29, 0.717) is 0 Å². The van der Waals surface area contributed by atoms with Gasteiger partial charge in [-0.3, -0.25) is 4.79 Å². The minimum absolute atomic E-state index is 0.145. The molecule has 0 fully saturated rings. The number of aromatic nitrogens is 1. The Labute approximate surface area is 93.8 Å². The molecule has 0 spiro atoms. The third-order valence-corrected chi connectivity index (χ3v) is 2.37. The molecule has 0 radical (unpaired) electrons. The smallest absolute Gasteiger partial charge is 0.431 e. The van der Waals surface area contributed by atoms with Crippen LogP contribution >= 0.6 is 0 Å². The lowest BCUT2D eigenvalue weighted by Gasteiger charge is -2.09. The second kappa shape index (κ2) is 3.80. The van der Waals surface area contributed by atoms with Crippen LogP contribution in [-0.4, -0.2) is 12.1 Å². The fourth-order valence-electron chi connectivity index (χ4n) is 1.59. The number of methoxy groups -OCH3 is 1. The lowest BCUT2D eigenvalue weighted by Crippen LogP contribution is -2.16. The molecular formula is C11H8F3NO2. The molecule has 0 aliphatic carbocycles. The fourth-order valence-corrected chi connectivity index (χ4v) is 1.59. The molecule has 0 aliphatic heterocycles. The van der Waals surface area contributed by atoms with E-state index in [1.54, 1.807) is 11.1 Å². The van der Waals surface area contributed by atoms with Gasteiger partial charge in [-0.15, -0.1) is 0 Å². The number of alkyl halides is 3. The van der Waals surface area contributed by atoms with Crippen LogP contribution in [0.2, 0.25) is 0 Å². The molecule has 17 heavy (non-hydrogen) atoms. The summed E-state index contributed by atoms with van der Waals surface area (Å²) in [6.45, 7) is 0. The highest BCUT2D eigenvalue weighted by Gasteiger charge is 2.32. The summed E-state index contributed by atoms with van der Waals surface area (Å²) < 4.78 is 42.5. The van der Waals surface area contributed by atoms with Gasteiger partial charge in [0.05, 0.1) is 12.5 Å². The van der Waals surface area contributed by atoms with Crippen LogP contribution in [0, 0.1) is 0 Å². The van der Waals surface area contributed by atoms with Crippen LogP contribution < -0.4 is 10.3 Å². The summed E-state index contributed by atoms with van der Waals surface area (Å²) in [4.78, 5) is 13.3. The van der Waals surface area contributed by atoms with Gasteiger partial charge in [0.1, 0.15) is 11.4 Å². The summed E-state index contributed by atoms with van der Waals surface area (Å²) in [6.07, 6.45) is -4.59. The van der Waals surface area contributed by atoms with Crippen molar-refractivity contribution in [3.63, 3.8) is 0 Å². The lowest BCUT2D eigenvalue weighted by atomic mass is 10.1. The lowest BCUT2D eigenvalue weighted by molar-refractivity contribution is -0.141. The molecule has 1 aromatic heterocycles. The van der Waals surface area contributed by atoms with Crippen LogP contribution in [0.4, 0.5) is 13.2 Å². The highest BCUT2D eigenvalue weighted by atomic mass is 19.4. The van der Waals surface area contributed by atoms with Crippen molar-refractivity contribution in [1.29, 1.82) is 0 Å². The van der Waals surface area contributed by atoms with E-state index in [1.165, 1.54) is 19.2 Å². The van der Waals surface area contributed by atoms with Crippen molar-refractivity contribution in [2.45, 2.75) is 6.18 Å². The summed E-state index contributed by atoms with van der Waals surface area (Å²) in [5, 5.41) is 0.309. The number of hydrogen-bond acceptors (Lipinski definition) is 2. The van der Waals surface area contributed by atoms with Gasteiger partial charge in [0.15, 0.2) is 0 Å². The normalized spacial score (nSPS) is 11.8. The highest BCUT2D eigenvalue weighted by molar-refractivity contribution is 5.87. The van der Waals surface area contributed by atoms with Gasteiger partial charge in [-0.1, -0.05) is 6.07 Å². The minimum atomic E-state index is -4.59. The molecule has 0 saturated heterocycles. The Balaban J connectivity index is 2.84. The average Bonchev–Trinajstić information content (AvgIpc) is 2.27. The molecule has 0 saturated carbocycles. The minimum Gasteiger partial charge on any atom is -0.496 e. The number of fused-ring (bicyclic) bond motifs is 1. The molecule has 0 amide bonds. The van der Waals surface area contributed by atoms with Gasteiger partial charge in [-0.05, 0) is 18.2 Å². The molecule has 90 valence electrons. The van der Waals surface area contributed by atoms with E-state index in [0.717, 1.165) is 6.07 Å². The maximum Gasteiger partial charge on any atom is 0.431 e. The number of benzene rings is 1. The molecule has 3 nitrogen and oxygen atoms in total. The van der Waals surface area contributed by atoms with Crippen LogP contribution in [-0.2, 0) is 6.18 Å². The van der Waals surface area contributed by atoms with Crippen LogP contribution in [0.25, 0.3) is 10.8 Å². The van der Waals surface area contributed by atoms with Gasteiger partial charge < -0.3 is 9.72 Å². The molecule has 0 unspecified atom stereocenters. The van der Waals surface area contributed by atoms with Gasteiger partial charge in [-0.2, -0.15) is 13.2 Å². The fraction of sp³-hybridized carbons (Fsp3) is 0.182. The summed E-state index contributed by atoms with van der Waals surface area (Å²) >= 11 is 0. The van der Waals surface area contributed by atoms with E-state index in [1.807, 2.05) is 0 Å². The second-order valence-corrected chi connectivity index (χ2v) is 3.43. The number of ether oxygens (including phenoxy) is 1. The van der Waals surface area contributed by atoms with Crippen molar-refractivity contribution in [3.8, 4) is 5.75 Å². The van der Waals surface area contributed by atoms with Gasteiger partial charge in [0.25, 0.3) is 5.56 Å². The molecular weight excluding hydrogens is 235 g/mol. The zero-order chi connectivity index (χ0) is 12.6. The maximum absolute atomic E-state index is 12.5.